The molecule has 5 rings (SSSR count). The van der Waals surface area contributed by atoms with Crippen LogP contribution in [0, 0.1) is 0 Å². The molecule has 3 heteroatoms. The predicted molar refractivity (Wildman–Crippen MR) is 72.2 cm³/mol. The van der Waals surface area contributed by atoms with E-state index in [0.717, 1.165) is 42.4 Å². The minimum absolute atomic E-state index is 0.0828. The SMILES string of the molecule is O=c1nc2c(cc3ccccc13)N1CCC2CC1. The molecule has 0 radical (unpaired) electrons. The highest BCUT2D eigenvalue weighted by molar-refractivity contribution is 5.84. The van der Waals surface area contributed by atoms with E-state index < -0.39 is 0 Å². The first-order valence-electron chi connectivity index (χ1n) is 6.52. The van der Waals surface area contributed by atoms with E-state index in [4.69, 9.17) is 0 Å². The lowest BCUT2D eigenvalue weighted by molar-refractivity contribution is 0.464. The molecular formula is C15H14N2O. The summed E-state index contributed by atoms with van der Waals surface area (Å²) in [5.74, 6) is 0.486. The minimum atomic E-state index is -0.0828. The number of fused-ring (bicyclic) bond motifs is 3. The number of benzene rings is 1. The summed E-state index contributed by atoms with van der Waals surface area (Å²) in [6, 6.07) is 9.89. The summed E-state index contributed by atoms with van der Waals surface area (Å²) in [5.41, 5.74) is 2.12. The van der Waals surface area contributed by atoms with Gasteiger partial charge in [-0.2, -0.15) is 0 Å². The monoisotopic (exact) mass is 238 g/mol. The maximum absolute atomic E-state index is 12.2. The largest absolute Gasteiger partial charge is 0.370 e. The zero-order chi connectivity index (χ0) is 12.1. The van der Waals surface area contributed by atoms with Crippen LogP contribution < -0.4 is 10.5 Å². The van der Waals surface area contributed by atoms with Crippen LogP contribution in [0.15, 0.2) is 35.1 Å². The number of aromatic nitrogens is 1. The van der Waals surface area contributed by atoms with Crippen LogP contribution in [-0.4, -0.2) is 18.1 Å². The Morgan fingerprint density at radius 1 is 1.17 bits per heavy atom. The highest BCUT2D eigenvalue weighted by Crippen LogP contribution is 2.40. The summed E-state index contributed by atoms with van der Waals surface area (Å²) in [6.45, 7) is 2.21. The van der Waals surface area contributed by atoms with Gasteiger partial charge in [0.15, 0.2) is 0 Å². The molecule has 90 valence electrons. The van der Waals surface area contributed by atoms with Crippen molar-refractivity contribution in [3.63, 3.8) is 0 Å². The summed E-state index contributed by atoms with van der Waals surface area (Å²) >= 11 is 0. The second-order valence-corrected chi connectivity index (χ2v) is 5.18. The second kappa shape index (κ2) is 3.55. The molecular weight excluding hydrogens is 224 g/mol. The normalized spacial score (nSPS) is 18.1. The average Bonchev–Trinajstić information content (AvgIpc) is 2.58. The second-order valence-electron chi connectivity index (χ2n) is 5.18. The average molecular weight is 238 g/mol. The summed E-state index contributed by atoms with van der Waals surface area (Å²) in [6.07, 6.45) is 2.28. The molecule has 1 saturated heterocycles. The minimum Gasteiger partial charge on any atom is -0.370 e. The molecule has 0 spiro atoms. The Morgan fingerprint density at radius 3 is 2.78 bits per heavy atom. The van der Waals surface area contributed by atoms with Crippen LogP contribution in [0.2, 0.25) is 0 Å². The van der Waals surface area contributed by atoms with Crippen molar-refractivity contribution in [1.29, 1.82) is 0 Å². The third-order valence-corrected chi connectivity index (χ3v) is 4.19. The third kappa shape index (κ3) is 1.30. The standard InChI is InChI=1S/C15H14N2O/c18-15-12-4-2-1-3-11(12)9-13-14(16-15)10-5-7-17(13)8-6-10/h1-4,9-10H,5-8H2. The molecule has 3 aliphatic heterocycles. The van der Waals surface area contributed by atoms with Crippen LogP contribution in [0.25, 0.3) is 10.8 Å². The summed E-state index contributed by atoms with van der Waals surface area (Å²) < 4.78 is 0. The predicted octanol–water partition coefficient (Wildman–Crippen LogP) is 2.29. The molecule has 3 nitrogen and oxygen atoms in total. The smallest absolute Gasteiger partial charge is 0.277 e. The zero-order valence-corrected chi connectivity index (χ0v) is 10.1. The van der Waals surface area contributed by atoms with Crippen LogP contribution in [0.5, 0.6) is 0 Å². The first-order valence-corrected chi connectivity index (χ1v) is 6.52. The van der Waals surface area contributed by atoms with Crippen LogP contribution in [0.4, 0.5) is 5.69 Å². The van der Waals surface area contributed by atoms with Gasteiger partial charge in [0.2, 0.25) is 0 Å². The highest BCUT2D eigenvalue weighted by Gasteiger charge is 2.31. The van der Waals surface area contributed by atoms with Gasteiger partial charge >= 0.3 is 0 Å². The molecule has 1 aromatic heterocycles. The van der Waals surface area contributed by atoms with Crippen LogP contribution >= 0.6 is 0 Å². The van der Waals surface area contributed by atoms with Crippen LogP contribution in [0.1, 0.15) is 24.5 Å². The number of hydrogen-bond donors (Lipinski definition) is 0. The lowest BCUT2D eigenvalue weighted by atomic mass is 9.87. The van der Waals surface area contributed by atoms with Gasteiger partial charge < -0.3 is 4.90 Å². The third-order valence-electron chi connectivity index (χ3n) is 4.19. The van der Waals surface area contributed by atoms with Crippen molar-refractivity contribution in [2.75, 3.05) is 18.0 Å². The Morgan fingerprint density at radius 2 is 1.94 bits per heavy atom. The molecule has 0 unspecified atom stereocenters. The van der Waals surface area contributed by atoms with Gasteiger partial charge in [-0.1, -0.05) is 18.2 Å². The molecule has 2 aromatic rings. The molecule has 3 aliphatic rings. The van der Waals surface area contributed by atoms with Crippen LogP contribution in [-0.2, 0) is 0 Å². The molecule has 2 bridgehead atoms. The number of rotatable bonds is 0. The highest BCUT2D eigenvalue weighted by atomic mass is 16.1. The van der Waals surface area contributed by atoms with Crippen molar-refractivity contribution in [3.05, 3.63) is 46.4 Å². The molecule has 0 aliphatic carbocycles. The number of anilines is 1. The van der Waals surface area contributed by atoms with E-state index in [1.807, 2.05) is 24.3 Å². The van der Waals surface area contributed by atoms with Gasteiger partial charge in [0.05, 0.1) is 11.4 Å². The summed E-state index contributed by atoms with van der Waals surface area (Å²) in [5, 5.41) is 1.73. The van der Waals surface area contributed by atoms with Gasteiger partial charge in [0, 0.05) is 24.4 Å². The van der Waals surface area contributed by atoms with Gasteiger partial charge in [-0.25, -0.2) is 4.98 Å². The van der Waals surface area contributed by atoms with Crippen molar-refractivity contribution < 1.29 is 0 Å². The number of piperidine rings is 1. The van der Waals surface area contributed by atoms with Gasteiger partial charge in [-0.05, 0) is 30.4 Å². The van der Waals surface area contributed by atoms with E-state index in [2.05, 4.69) is 16.0 Å². The summed E-state index contributed by atoms with van der Waals surface area (Å²) in [4.78, 5) is 19.0. The lowest BCUT2D eigenvalue weighted by Crippen LogP contribution is -2.39. The Hall–Kier alpha value is -1.90. The Bertz CT molecular complexity index is 688. The van der Waals surface area contributed by atoms with E-state index >= 15 is 0 Å². The van der Waals surface area contributed by atoms with E-state index in [9.17, 15) is 4.79 Å². The van der Waals surface area contributed by atoms with E-state index in [-0.39, 0.29) is 5.56 Å². The Labute approximate surface area is 105 Å². The molecule has 0 amide bonds. The van der Waals surface area contributed by atoms with Gasteiger partial charge in [-0.3, -0.25) is 4.79 Å². The fraction of sp³-hybridized carbons (Fsp3) is 0.333. The van der Waals surface area contributed by atoms with Crippen LogP contribution in [0.3, 0.4) is 0 Å². The van der Waals surface area contributed by atoms with Gasteiger partial charge in [0.1, 0.15) is 0 Å². The molecule has 18 heavy (non-hydrogen) atoms. The molecule has 1 aromatic carbocycles. The van der Waals surface area contributed by atoms with E-state index in [1.54, 1.807) is 0 Å². The first-order chi connectivity index (χ1) is 8.83. The van der Waals surface area contributed by atoms with E-state index in [0.29, 0.717) is 5.92 Å². The van der Waals surface area contributed by atoms with Crippen molar-refractivity contribution in [2.24, 2.45) is 0 Å². The van der Waals surface area contributed by atoms with Gasteiger partial charge in [0.25, 0.3) is 5.56 Å². The first kappa shape index (κ1) is 10.1. The molecule has 4 heterocycles. The molecule has 0 N–H and O–H groups in total. The molecule has 1 fully saturated rings. The van der Waals surface area contributed by atoms with Crippen molar-refractivity contribution >= 4 is 16.5 Å². The number of hydrogen-bond acceptors (Lipinski definition) is 3. The molecule has 0 atom stereocenters. The summed E-state index contributed by atoms with van der Waals surface area (Å²) in [7, 11) is 0. The molecule has 0 saturated carbocycles. The lowest BCUT2D eigenvalue weighted by Gasteiger charge is -2.40. The van der Waals surface area contributed by atoms with Crippen molar-refractivity contribution in [2.45, 2.75) is 18.8 Å². The number of nitrogens with zero attached hydrogens (tertiary/aromatic N) is 2. The quantitative estimate of drug-likeness (QED) is 0.706. The maximum atomic E-state index is 12.2. The zero-order valence-electron chi connectivity index (χ0n) is 10.1. The van der Waals surface area contributed by atoms with Crippen molar-refractivity contribution in [3.8, 4) is 0 Å². The van der Waals surface area contributed by atoms with Gasteiger partial charge in [-0.15, -0.1) is 0 Å². The Balaban J connectivity index is 2.14. The van der Waals surface area contributed by atoms with Crippen molar-refractivity contribution in [1.82, 2.24) is 4.98 Å². The fourth-order valence-electron chi connectivity index (χ4n) is 3.21. The fourth-order valence-corrected chi connectivity index (χ4v) is 3.21. The Kier molecular flexibility index (Phi) is 1.98. The van der Waals surface area contributed by atoms with E-state index in [1.165, 1.54) is 5.69 Å². The maximum Gasteiger partial charge on any atom is 0.277 e. The topological polar surface area (TPSA) is 33.2 Å².